The summed E-state index contributed by atoms with van der Waals surface area (Å²) < 4.78 is 0. The molecule has 2 saturated heterocycles. The summed E-state index contributed by atoms with van der Waals surface area (Å²) in [6.07, 6.45) is 3.73. The van der Waals surface area contributed by atoms with Crippen LogP contribution in [-0.2, 0) is 0 Å². The molecule has 3 rings (SSSR count). The van der Waals surface area contributed by atoms with Crippen molar-refractivity contribution in [2.75, 3.05) is 46.3 Å². The highest BCUT2D eigenvalue weighted by Crippen LogP contribution is 2.34. The quantitative estimate of drug-likeness (QED) is 0.648. The summed E-state index contributed by atoms with van der Waals surface area (Å²) in [5, 5.41) is 3.55. The molecule has 2 aliphatic heterocycles. The molecule has 4 heteroatoms. The molecule has 0 radical (unpaired) electrons. The average molecular weight is 357 g/mol. The number of piperidine rings is 1. The van der Waals surface area contributed by atoms with Crippen LogP contribution in [0.3, 0.4) is 0 Å². The summed E-state index contributed by atoms with van der Waals surface area (Å²) in [5.41, 5.74) is 1.51. The summed E-state index contributed by atoms with van der Waals surface area (Å²) in [5.74, 6) is 3.24. The smallest absolute Gasteiger partial charge is 0.193 e. The number of rotatable bonds is 5. The minimum Gasteiger partial charge on any atom is -0.357 e. The van der Waals surface area contributed by atoms with E-state index in [4.69, 9.17) is 4.99 Å². The van der Waals surface area contributed by atoms with Gasteiger partial charge in [0.05, 0.1) is 0 Å². The lowest BCUT2D eigenvalue weighted by molar-refractivity contribution is 0.215. The van der Waals surface area contributed by atoms with Gasteiger partial charge in [0.1, 0.15) is 0 Å². The normalized spacial score (nSPS) is 27.7. The molecule has 3 unspecified atom stereocenters. The van der Waals surface area contributed by atoms with E-state index in [1.54, 1.807) is 0 Å². The molecule has 0 spiro atoms. The molecule has 1 N–H and O–H groups in total. The lowest BCUT2D eigenvalue weighted by Crippen LogP contribution is -2.48. The number of likely N-dealkylation sites (tertiary alicyclic amines) is 2. The Morgan fingerprint density at radius 2 is 1.92 bits per heavy atom. The molecule has 0 amide bonds. The number of hydrogen-bond acceptors (Lipinski definition) is 2. The molecule has 0 bridgehead atoms. The van der Waals surface area contributed by atoms with Gasteiger partial charge in [-0.2, -0.15) is 0 Å². The number of guanidine groups is 1. The van der Waals surface area contributed by atoms with Crippen molar-refractivity contribution in [1.82, 2.24) is 15.1 Å². The van der Waals surface area contributed by atoms with Gasteiger partial charge in [-0.15, -0.1) is 0 Å². The highest BCUT2D eigenvalue weighted by Gasteiger charge is 2.30. The monoisotopic (exact) mass is 356 g/mol. The minimum absolute atomic E-state index is 0.684. The van der Waals surface area contributed by atoms with E-state index in [-0.39, 0.29) is 0 Å². The van der Waals surface area contributed by atoms with Crippen LogP contribution >= 0.6 is 0 Å². The van der Waals surface area contributed by atoms with E-state index in [9.17, 15) is 0 Å². The van der Waals surface area contributed by atoms with Crippen molar-refractivity contribution in [2.45, 2.75) is 39.0 Å². The molecule has 2 aliphatic rings. The van der Waals surface area contributed by atoms with Gasteiger partial charge in [-0.05, 0) is 56.7 Å². The number of nitrogens with zero attached hydrogens (tertiary/aromatic N) is 3. The fourth-order valence-electron chi connectivity index (χ4n) is 4.59. The standard InChI is InChI=1S/C22H36N4/c1-4-19-17-26(14-12-21(19)20-9-7-6-8-10-20)22(23-5-2)24-15-18-11-13-25(3)16-18/h6-10,18-19,21H,4-5,11-17H2,1-3H3,(H,23,24). The van der Waals surface area contributed by atoms with Crippen LogP contribution in [0.25, 0.3) is 0 Å². The summed E-state index contributed by atoms with van der Waals surface area (Å²) in [6, 6.07) is 11.1. The van der Waals surface area contributed by atoms with Crippen molar-refractivity contribution in [1.29, 1.82) is 0 Å². The molecule has 0 aliphatic carbocycles. The Labute approximate surface area is 159 Å². The fraction of sp³-hybridized carbons (Fsp3) is 0.682. The number of hydrogen-bond donors (Lipinski definition) is 1. The predicted octanol–water partition coefficient (Wildman–Crippen LogP) is 3.42. The van der Waals surface area contributed by atoms with E-state index in [2.05, 4.69) is 66.3 Å². The van der Waals surface area contributed by atoms with Crippen LogP contribution in [0.2, 0.25) is 0 Å². The Balaban J connectivity index is 1.65. The third-order valence-corrected chi connectivity index (χ3v) is 6.11. The molecule has 2 heterocycles. The van der Waals surface area contributed by atoms with Crippen LogP contribution in [0.4, 0.5) is 0 Å². The second kappa shape index (κ2) is 9.40. The Hall–Kier alpha value is -1.55. The van der Waals surface area contributed by atoms with Gasteiger partial charge in [-0.25, -0.2) is 0 Å². The molecule has 1 aromatic carbocycles. The summed E-state index contributed by atoms with van der Waals surface area (Å²) in [4.78, 5) is 9.96. The lowest BCUT2D eigenvalue weighted by atomic mass is 9.79. The molecule has 2 fully saturated rings. The van der Waals surface area contributed by atoms with Gasteiger partial charge in [0, 0.05) is 32.7 Å². The van der Waals surface area contributed by atoms with Gasteiger partial charge in [0.2, 0.25) is 0 Å². The first-order chi connectivity index (χ1) is 12.7. The van der Waals surface area contributed by atoms with Crippen molar-refractivity contribution < 1.29 is 0 Å². The van der Waals surface area contributed by atoms with Crippen LogP contribution in [0.5, 0.6) is 0 Å². The molecule has 1 aromatic rings. The Morgan fingerprint density at radius 3 is 2.58 bits per heavy atom. The van der Waals surface area contributed by atoms with Crippen LogP contribution in [0.1, 0.15) is 44.6 Å². The van der Waals surface area contributed by atoms with Gasteiger partial charge < -0.3 is 15.1 Å². The zero-order chi connectivity index (χ0) is 18.4. The topological polar surface area (TPSA) is 30.9 Å². The van der Waals surface area contributed by atoms with Gasteiger partial charge in [-0.1, -0.05) is 43.7 Å². The van der Waals surface area contributed by atoms with Crippen molar-refractivity contribution >= 4 is 5.96 Å². The summed E-state index contributed by atoms with van der Waals surface area (Å²) in [6.45, 7) is 11.0. The molecule has 4 nitrogen and oxygen atoms in total. The van der Waals surface area contributed by atoms with Crippen LogP contribution in [0, 0.1) is 11.8 Å². The van der Waals surface area contributed by atoms with E-state index in [1.807, 2.05) is 0 Å². The maximum Gasteiger partial charge on any atom is 0.193 e. The van der Waals surface area contributed by atoms with E-state index >= 15 is 0 Å². The van der Waals surface area contributed by atoms with Gasteiger partial charge >= 0.3 is 0 Å². The zero-order valence-corrected chi connectivity index (χ0v) is 16.8. The molecule has 0 saturated carbocycles. The van der Waals surface area contributed by atoms with Crippen molar-refractivity contribution in [3.05, 3.63) is 35.9 Å². The number of nitrogens with one attached hydrogen (secondary N) is 1. The van der Waals surface area contributed by atoms with Gasteiger partial charge in [0.15, 0.2) is 5.96 Å². The van der Waals surface area contributed by atoms with Crippen LogP contribution in [-0.4, -0.2) is 62.1 Å². The average Bonchev–Trinajstić information content (AvgIpc) is 3.10. The first-order valence-electron chi connectivity index (χ1n) is 10.5. The first-order valence-corrected chi connectivity index (χ1v) is 10.5. The maximum atomic E-state index is 5.02. The van der Waals surface area contributed by atoms with Crippen molar-refractivity contribution in [3.8, 4) is 0 Å². The molecule has 144 valence electrons. The Morgan fingerprint density at radius 1 is 1.12 bits per heavy atom. The molecule has 26 heavy (non-hydrogen) atoms. The summed E-state index contributed by atoms with van der Waals surface area (Å²) >= 11 is 0. The predicted molar refractivity (Wildman–Crippen MR) is 111 cm³/mol. The largest absolute Gasteiger partial charge is 0.357 e. The fourth-order valence-corrected chi connectivity index (χ4v) is 4.59. The lowest BCUT2D eigenvalue weighted by Gasteiger charge is -2.40. The number of benzene rings is 1. The van der Waals surface area contributed by atoms with Crippen molar-refractivity contribution in [2.24, 2.45) is 16.8 Å². The van der Waals surface area contributed by atoms with Crippen LogP contribution < -0.4 is 5.32 Å². The van der Waals surface area contributed by atoms with Gasteiger partial charge in [0.25, 0.3) is 0 Å². The highest BCUT2D eigenvalue weighted by molar-refractivity contribution is 5.80. The minimum atomic E-state index is 0.684. The van der Waals surface area contributed by atoms with E-state index in [0.29, 0.717) is 11.8 Å². The third-order valence-electron chi connectivity index (χ3n) is 6.11. The number of aliphatic imine (C=N–C) groups is 1. The molecular formula is C22H36N4. The molecule has 3 atom stereocenters. The van der Waals surface area contributed by atoms with Crippen LogP contribution in [0.15, 0.2) is 35.3 Å². The highest BCUT2D eigenvalue weighted by atomic mass is 15.3. The SMILES string of the molecule is CCNC(=NCC1CCN(C)C1)N1CCC(c2ccccc2)C(CC)C1. The second-order valence-corrected chi connectivity index (χ2v) is 8.03. The van der Waals surface area contributed by atoms with Crippen molar-refractivity contribution in [3.63, 3.8) is 0 Å². The third kappa shape index (κ3) is 4.79. The van der Waals surface area contributed by atoms with E-state index < -0.39 is 0 Å². The van der Waals surface area contributed by atoms with E-state index in [0.717, 1.165) is 38.1 Å². The maximum absolute atomic E-state index is 5.02. The van der Waals surface area contributed by atoms with E-state index in [1.165, 1.54) is 37.9 Å². The molecular weight excluding hydrogens is 320 g/mol. The Bertz CT molecular complexity index is 571. The zero-order valence-electron chi connectivity index (χ0n) is 16.8. The Kier molecular flexibility index (Phi) is 6.95. The van der Waals surface area contributed by atoms with Gasteiger partial charge in [-0.3, -0.25) is 4.99 Å². The molecule has 0 aromatic heterocycles. The summed E-state index contributed by atoms with van der Waals surface area (Å²) in [7, 11) is 2.22. The second-order valence-electron chi connectivity index (χ2n) is 8.03. The first kappa shape index (κ1) is 19.2.